The summed E-state index contributed by atoms with van der Waals surface area (Å²) in [4.78, 5) is 0.832. The number of hydrogen-bond donors (Lipinski definition) is 0. The molecule has 17 heavy (non-hydrogen) atoms. The highest BCUT2D eigenvalue weighted by Crippen LogP contribution is 2.50. The summed E-state index contributed by atoms with van der Waals surface area (Å²) < 4.78 is 108. The zero-order valence-electron chi connectivity index (χ0n) is 7.10. The second kappa shape index (κ2) is 4.38. The molecule has 0 spiro atoms. The van der Waals surface area contributed by atoms with Gasteiger partial charge in [0.15, 0.2) is 0 Å². The van der Waals surface area contributed by atoms with Crippen molar-refractivity contribution in [1.29, 1.82) is 0 Å². The normalized spacial score (nSPS) is 19.1. The van der Waals surface area contributed by atoms with Crippen molar-refractivity contribution in [1.82, 2.24) is 0 Å². The topological polar surface area (TPSA) is 12.4 Å². The standard InChI is InChI=1S/C5Cl2F9N/c6-2(9,1(8)17-5(14,15)16)3(10,11)4(7,12)13. The van der Waals surface area contributed by atoms with Crippen LogP contribution in [0.25, 0.3) is 0 Å². The molecule has 1 nitrogen and oxygen atoms in total. The van der Waals surface area contributed by atoms with Crippen LogP contribution in [-0.2, 0) is 0 Å². The Labute approximate surface area is 97.2 Å². The van der Waals surface area contributed by atoms with E-state index in [0.717, 1.165) is 4.99 Å². The lowest BCUT2D eigenvalue weighted by Crippen LogP contribution is -2.54. The molecule has 0 aromatic carbocycles. The van der Waals surface area contributed by atoms with Gasteiger partial charge in [0.05, 0.1) is 0 Å². The molecule has 0 N–H and O–H groups in total. The van der Waals surface area contributed by atoms with Gasteiger partial charge in [-0.15, -0.1) is 13.2 Å². The highest BCUT2D eigenvalue weighted by Gasteiger charge is 2.72. The zero-order chi connectivity index (χ0) is 14.3. The first kappa shape index (κ1) is 16.6. The monoisotopic (exact) mass is 315 g/mol. The van der Waals surface area contributed by atoms with Gasteiger partial charge in [0.2, 0.25) is 0 Å². The largest absolute Gasteiger partial charge is 0.505 e. The van der Waals surface area contributed by atoms with Crippen molar-refractivity contribution in [3.8, 4) is 0 Å². The maximum atomic E-state index is 12.7. The van der Waals surface area contributed by atoms with Crippen LogP contribution >= 0.6 is 23.2 Å². The van der Waals surface area contributed by atoms with Crippen molar-refractivity contribution in [3.63, 3.8) is 0 Å². The fourth-order valence-corrected chi connectivity index (χ4v) is 0.829. The Morgan fingerprint density at radius 3 is 1.41 bits per heavy atom. The lowest BCUT2D eigenvalue weighted by atomic mass is 10.2. The third kappa shape index (κ3) is 3.54. The first-order chi connectivity index (χ1) is 7.13. The Hall–Kier alpha value is -0.380. The molecular weight excluding hydrogens is 316 g/mol. The van der Waals surface area contributed by atoms with Crippen LogP contribution in [0.5, 0.6) is 0 Å². The predicted octanol–water partition coefficient (Wildman–Crippen LogP) is 4.25. The Morgan fingerprint density at radius 1 is 0.824 bits per heavy atom. The van der Waals surface area contributed by atoms with Crippen molar-refractivity contribution in [2.45, 2.75) is 22.7 Å². The Bertz CT molecular complexity index is 314. The highest BCUT2D eigenvalue weighted by atomic mass is 35.5. The van der Waals surface area contributed by atoms with Crippen LogP contribution in [0.4, 0.5) is 39.5 Å². The van der Waals surface area contributed by atoms with Crippen molar-refractivity contribution in [2.24, 2.45) is 4.99 Å². The van der Waals surface area contributed by atoms with E-state index >= 15 is 0 Å². The van der Waals surface area contributed by atoms with Crippen molar-refractivity contribution >= 4 is 29.2 Å². The van der Waals surface area contributed by atoms with E-state index in [9.17, 15) is 39.5 Å². The predicted molar refractivity (Wildman–Crippen MR) is 40.0 cm³/mol. The molecular formula is C5Cl2F9N. The average molecular weight is 316 g/mol. The molecule has 0 saturated heterocycles. The van der Waals surface area contributed by atoms with Gasteiger partial charge in [0.25, 0.3) is 5.97 Å². The SMILES string of the molecule is FC(=NC(F)(F)F)C(F)(Cl)C(F)(F)C(F)(F)Cl. The minimum atomic E-state index is -6.15. The molecule has 12 heteroatoms. The summed E-state index contributed by atoms with van der Waals surface area (Å²) in [5.41, 5.74) is 0. The molecule has 1 unspecified atom stereocenters. The summed E-state index contributed by atoms with van der Waals surface area (Å²) >= 11 is 7.70. The molecule has 0 aromatic heterocycles. The molecule has 0 aliphatic rings. The molecule has 0 heterocycles. The molecule has 0 fully saturated rings. The number of rotatable bonds is 3. The average Bonchev–Trinajstić information content (AvgIpc) is 1.97. The number of hydrogen-bond acceptors (Lipinski definition) is 1. The molecule has 0 aliphatic carbocycles. The molecule has 0 saturated carbocycles. The third-order valence-electron chi connectivity index (χ3n) is 1.23. The van der Waals surface area contributed by atoms with E-state index in [-0.39, 0.29) is 0 Å². The smallest absolute Gasteiger partial charge is 0.209 e. The van der Waals surface area contributed by atoms with E-state index < -0.39 is 28.7 Å². The Kier molecular flexibility index (Phi) is 4.28. The van der Waals surface area contributed by atoms with Crippen LogP contribution < -0.4 is 0 Å². The van der Waals surface area contributed by atoms with E-state index in [2.05, 4.69) is 23.2 Å². The second-order valence-electron chi connectivity index (χ2n) is 2.52. The van der Waals surface area contributed by atoms with Gasteiger partial charge in [-0.3, -0.25) is 0 Å². The highest BCUT2D eigenvalue weighted by molar-refractivity contribution is 6.35. The van der Waals surface area contributed by atoms with Gasteiger partial charge in [-0.05, 0) is 11.6 Å². The minimum absolute atomic E-state index is 0.832. The van der Waals surface area contributed by atoms with Crippen LogP contribution in [0.1, 0.15) is 0 Å². The summed E-state index contributed by atoms with van der Waals surface area (Å²) in [5.74, 6) is -9.74. The summed E-state index contributed by atoms with van der Waals surface area (Å²) in [6.45, 7) is 0. The van der Waals surface area contributed by atoms with Gasteiger partial charge >= 0.3 is 22.7 Å². The Balaban J connectivity index is 5.51. The quantitative estimate of drug-likeness (QED) is 0.319. The van der Waals surface area contributed by atoms with Crippen LogP contribution in [0.15, 0.2) is 4.99 Å². The van der Waals surface area contributed by atoms with E-state index in [4.69, 9.17) is 0 Å². The Morgan fingerprint density at radius 2 is 1.18 bits per heavy atom. The summed E-state index contributed by atoms with van der Waals surface area (Å²) in [5, 5.41) is -11.3. The second-order valence-corrected chi connectivity index (χ2v) is 3.51. The van der Waals surface area contributed by atoms with Gasteiger partial charge in [-0.25, -0.2) is 4.39 Å². The minimum Gasteiger partial charge on any atom is -0.209 e. The van der Waals surface area contributed by atoms with E-state index in [1.807, 2.05) is 0 Å². The zero-order valence-corrected chi connectivity index (χ0v) is 8.62. The molecule has 0 aliphatic heterocycles. The summed E-state index contributed by atoms with van der Waals surface area (Å²) in [6.07, 6.45) is -5.81. The maximum absolute atomic E-state index is 12.7. The number of halogens is 11. The van der Waals surface area contributed by atoms with Crippen molar-refractivity contribution in [3.05, 3.63) is 0 Å². The molecule has 0 rings (SSSR count). The van der Waals surface area contributed by atoms with E-state index in [1.54, 1.807) is 0 Å². The molecule has 0 aromatic rings. The third-order valence-corrected chi connectivity index (χ3v) is 1.87. The van der Waals surface area contributed by atoms with Gasteiger partial charge in [0, 0.05) is 0 Å². The first-order valence-corrected chi connectivity index (χ1v) is 4.03. The maximum Gasteiger partial charge on any atom is 0.505 e. The first-order valence-electron chi connectivity index (χ1n) is 3.28. The van der Waals surface area contributed by atoms with E-state index in [1.165, 1.54) is 0 Å². The molecule has 0 amide bonds. The molecule has 0 radical (unpaired) electrons. The van der Waals surface area contributed by atoms with Gasteiger partial charge in [-0.1, -0.05) is 11.6 Å². The number of nitrogens with zero attached hydrogens (tertiary/aromatic N) is 1. The van der Waals surface area contributed by atoms with Gasteiger partial charge in [-0.2, -0.15) is 26.9 Å². The van der Waals surface area contributed by atoms with Crippen LogP contribution in [0.2, 0.25) is 0 Å². The number of aliphatic imine (C=N–C) groups is 1. The van der Waals surface area contributed by atoms with Crippen LogP contribution in [-0.4, -0.2) is 28.7 Å². The summed E-state index contributed by atoms with van der Waals surface area (Å²) in [6, 6.07) is 0. The molecule has 102 valence electrons. The van der Waals surface area contributed by atoms with Gasteiger partial charge in [0.1, 0.15) is 0 Å². The molecule has 0 bridgehead atoms. The van der Waals surface area contributed by atoms with Crippen LogP contribution in [0, 0.1) is 0 Å². The molecule has 1 atom stereocenters. The fraction of sp³-hybridized carbons (Fsp3) is 0.800. The lowest BCUT2D eigenvalue weighted by molar-refractivity contribution is -0.194. The number of alkyl halides is 10. The lowest BCUT2D eigenvalue weighted by Gasteiger charge is -2.28. The van der Waals surface area contributed by atoms with Gasteiger partial charge < -0.3 is 0 Å². The van der Waals surface area contributed by atoms with Crippen LogP contribution in [0.3, 0.4) is 0 Å². The van der Waals surface area contributed by atoms with E-state index in [0.29, 0.717) is 0 Å². The van der Waals surface area contributed by atoms with Crippen molar-refractivity contribution < 1.29 is 39.5 Å². The van der Waals surface area contributed by atoms with Crippen molar-refractivity contribution in [2.75, 3.05) is 0 Å². The summed E-state index contributed by atoms with van der Waals surface area (Å²) in [7, 11) is 0. The fourth-order valence-electron chi connectivity index (χ4n) is 0.489.